The number of H-pyrrole nitrogens is 1. The molecule has 2 heterocycles. The van der Waals surface area contributed by atoms with Gasteiger partial charge in [-0.2, -0.15) is 0 Å². The Hall–Kier alpha value is -3.09. The van der Waals surface area contributed by atoms with Gasteiger partial charge in [0.25, 0.3) is 5.91 Å². The zero-order valence-electron chi connectivity index (χ0n) is 14.6. The molecule has 2 aromatic rings. The van der Waals surface area contributed by atoms with Gasteiger partial charge in [0.2, 0.25) is 0 Å². The van der Waals surface area contributed by atoms with E-state index in [1.807, 2.05) is 24.3 Å². The molecule has 1 fully saturated rings. The number of nitrogens with zero attached hydrogens (tertiary/aromatic N) is 1. The van der Waals surface area contributed by atoms with Crippen molar-refractivity contribution in [3.05, 3.63) is 47.8 Å². The smallest absolute Gasteiger partial charge is 0.355 e. The Kier molecular flexibility index (Phi) is 5.36. The first kappa shape index (κ1) is 17.7. The lowest BCUT2D eigenvalue weighted by molar-refractivity contribution is -0.119. The van der Waals surface area contributed by atoms with Crippen LogP contribution in [-0.4, -0.2) is 42.3 Å². The van der Waals surface area contributed by atoms with Crippen molar-refractivity contribution in [3.63, 3.8) is 0 Å². The highest BCUT2D eigenvalue weighted by atomic mass is 16.5. The molecule has 2 N–H and O–H groups in total. The minimum atomic E-state index is -0.683. The molecule has 26 heavy (non-hydrogen) atoms. The summed E-state index contributed by atoms with van der Waals surface area (Å²) in [6.07, 6.45) is 3.85. The zero-order chi connectivity index (χ0) is 18.5. The van der Waals surface area contributed by atoms with E-state index in [1.165, 1.54) is 32.0 Å². The summed E-state index contributed by atoms with van der Waals surface area (Å²) in [4.78, 5) is 40.0. The number of anilines is 2. The molecule has 1 aromatic carbocycles. The fourth-order valence-corrected chi connectivity index (χ4v) is 2.85. The molecular weight excluding hydrogens is 334 g/mol. The third-order valence-corrected chi connectivity index (χ3v) is 4.27. The molecule has 0 unspecified atom stereocenters. The van der Waals surface area contributed by atoms with Crippen LogP contribution in [-0.2, 0) is 9.53 Å². The Bertz CT molecular complexity index is 804. The van der Waals surface area contributed by atoms with Crippen LogP contribution in [0, 0.1) is 0 Å². The van der Waals surface area contributed by atoms with Crippen LogP contribution in [0.4, 0.5) is 11.4 Å². The monoisotopic (exact) mass is 355 g/mol. The number of ether oxygens (including phenoxy) is 1. The Morgan fingerprint density at radius 3 is 2.46 bits per heavy atom. The second-order valence-corrected chi connectivity index (χ2v) is 6.22. The standard InChI is InChI=1S/C19H21N3O4/c1-13(23)14-10-17(20-11-14)19(25)26-12-18(24)21-15-4-6-16(7-5-15)22-8-2-3-9-22/h4-7,10-11,20H,2-3,8-9,12H2,1H3,(H,21,24). The average molecular weight is 355 g/mol. The number of aromatic nitrogens is 1. The van der Waals surface area contributed by atoms with Gasteiger partial charge in [0.15, 0.2) is 12.4 Å². The molecule has 7 heteroatoms. The van der Waals surface area contributed by atoms with Crippen LogP contribution in [0.25, 0.3) is 0 Å². The van der Waals surface area contributed by atoms with Gasteiger partial charge in [-0.3, -0.25) is 9.59 Å². The van der Waals surface area contributed by atoms with E-state index in [2.05, 4.69) is 15.2 Å². The van der Waals surface area contributed by atoms with Crippen molar-refractivity contribution in [1.82, 2.24) is 4.98 Å². The fraction of sp³-hybridized carbons (Fsp3) is 0.316. The SMILES string of the molecule is CC(=O)c1c[nH]c(C(=O)OCC(=O)Nc2ccc(N3CCCC3)cc2)c1. The van der Waals surface area contributed by atoms with E-state index in [0.29, 0.717) is 11.3 Å². The summed E-state index contributed by atoms with van der Waals surface area (Å²) < 4.78 is 4.96. The van der Waals surface area contributed by atoms with E-state index < -0.39 is 18.5 Å². The first-order valence-corrected chi connectivity index (χ1v) is 8.54. The maximum absolute atomic E-state index is 11.9. The van der Waals surface area contributed by atoms with Gasteiger partial charge in [-0.15, -0.1) is 0 Å². The summed E-state index contributed by atoms with van der Waals surface area (Å²) in [5, 5.41) is 2.69. The van der Waals surface area contributed by atoms with Crippen molar-refractivity contribution in [1.29, 1.82) is 0 Å². The highest BCUT2D eigenvalue weighted by molar-refractivity contribution is 5.98. The van der Waals surface area contributed by atoms with Gasteiger partial charge in [-0.25, -0.2) is 4.79 Å². The Morgan fingerprint density at radius 2 is 1.85 bits per heavy atom. The van der Waals surface area contributed by atoms with Crippen LogP contribution in [0.3, 0.4) is 0 Å². The van der Waals surface area contributed by atoms with Gasteiger partial charge in [-0.1, -0.05) is 0 Å². The van der Waals surface area contributed by atoms with E-state index in [1.54, 1.807) is 0 Å². The van der Waals surface area contributed by atoms with Crippen molar-refractivity contribution < 1.29 is 19.1 Å². The lowest BCUT2D eigenvalue weighted by atomic mass is 10.2. The molecule has 3 rings (SSSR count). The maximum atomic E-state index is 11.9. The number of hydrogen-bond donors (Lipinski definition) is 2. The van der Waals surface area contributed by atoms with E-state index in [0.717, 1.165) is 18.8 Å². The number of carbonyl (C=O) groups is 3. The van der Waals surface area contributed by atoms with Gasteiger partial charge in [0.1, 0.15) is 5.69 Å². The number of hydrogen-bond acceptors (Lipinski definition) is 5. The fourth-order valence-electron chi connectivity index (χ4n) is 2.85. The first-order valence-electron chi connectivity index (χ1n) is 8.54. The van der Waals surface area contributed by atoms with Crippen molar-refractivity contribution >= 4 is 29.0 Å². The molecule has 1 aromatic heterocycles. The number of Topliss-reactive ketones (excluding diaryl/α,β-unsaturated/α-hetero) is 1. The summed E-state index contributed by atoms with van der Waals surface area (Å²) >= 11 is 0. The second kappa shape index (κ2) is 7.86. The molecule has 1 aliphatic heterocycles. The topological polar surface area (TPSA) is 91.5 Å². The molecule has 0 aliphatic carbocycles. The first-order chi connectivity index (χ1) is 12.5. The van der Waals surface area contributed by atoms with Crippen molar-refractivity contribution in [2.24, 2.45) is 0 Å². The van der Waals surface area contributed by atoms with E-state index in [9.17, 15) is 14.4 Å². The molecule has 0 bridgehead atoms. The Labute approximate surface area is 151 Å². The summed E-state index contributed by atoms with van der Waals surface area (Å²) in [7, 11) is 0. The molecule has 7 nitrogen and oxygen atoms in total. The number of amides is 1. The van der Waals surface area contributed by atoms with Crippen LogP contribution < -0.4 is 10.2 Å². The largest absolute Gasteiger partial charge is 0.451 e. The van der Waals surface area contributed by atoms with Gasteiger partial charge < -0.3 is 19.9 Å². The van der Waals surface area contributed by atoms with Crippen molar-refractivity contribution in [2.75, 3.05) is 29.9 Å². The van der Waals surface area contributed by atoms with Gasteiger partial charge >= 0.3 is 5.97 Å². The van der Waals surface area contributed by atoms with Crippen molar-refractivity contribution in [2.45, 2.75) is 19.8 Å². The molecule has 1 aliphatic rings. The molecule has 136 valence electrons. The molecule has 0 atom stereocenters. The van der Waals surface area contributed by atoms with E-state index in [-0.39, 0.29) is 11.5 Å². The normalized spacial score (nSPS) is 13.5. The molecule has 0 radical (unpaired) electrons. The Balaban J connectivity index is 1.48. The number of carbonyl (C=O) groups excluding carboxylic acids is 3. The second-order valence-electron chi connectivity index (χ2n) is 6.22. The summed E-state index contributed by atoms with van der Waals surface area (Å²) in [5.41, 5.74) is 2.31. The average Bonchev–Trinajstić information content (AvgIpc) is 3.32. The van der Waals surface area contributed by atoms with Crippen molar-refractivity contribution in [3.8, 4) is 0 Å². The third-order valence-electron chi connectivity index (χ3n) is 4.27. The summed E-state index contributed by atoms with van der Waals surface area (Å²) in [6.45, 7) is 3.12. The lowest BCUT2D eigenvalue weighted by Crippen LogP contribution is -2.21. The summed E-state index contributed by atoms with van der Waals surface area (Å²) in [6, 6.07) is 9.00. The van der Waals surface area contributed by atoms with Gasteiger partial charge in [0.05, 0.1) is 0 Å². The minimum absolute atomic E-state index is 0.137. The number of aromatic amines is 1. The quantitative estimate of drug-likeness (QED) is 0.614. The number of ketones is 1. The molecule has 1 saturated heterocycles. The minimum Gasteiger partial charge on any atom is -0.451 e. The predicted octanol–water partition coefficient (Wildman–Crippen LogP) is 2.61. The highest BCUT2D eigenvalue weighted by Gasteiger charge is 2.15. The maximum Gasteiger partial charge on any atom is 0.355 e. The number of rotatable bonds is 6. The number of esters is 1. The van der Waals surface area contributed by atoms with Crippen LogP contribution in [0.15, 0.2) is 36.5 Å². The van der Waals surface area contributed by atoms with Gasteiger partial charge in [-0.05, 0) is 50.1 Å². The molecular formula is C19H21N3O4. The van der Waals surface area contributed by atoms with Crippen LogP contribution >= 0.6 is 0 Å². The zero-order valence-corrected chi connectivity index (χ0v) is 14.6. The summed E-state index contributed by atoms with van der Waals surface area (Å²) in [5.74, 6) is -1.27. The van der Waals surface area contributed by atoms with E-state index >= 15 is 0 Å². The molecule has 0 saturated carbocycles. The molecule has 1 amide bonds. The van der Waals surface area contributed by atoms with Gasteiger partial charge in [0, 0.05) is 36.2 Å². The Morgan fingerprint density at radius 1 is 1.15 bits per heavy atom. The molecule has 0 spiro atoms. The van der Waals surface area contributed by atoms with E-state index in [4.69, 9.17) is 4.74 Å². The van der Waals surface area contributed by atoms with Crippen LogP contribution in [0.1, 0.15) is 40.6 Å². The number of benzene rings is 1. The van der Waals surface area contributed by atoms with Crippen LogP contribution in [0.2, 0.25) is 0 Å². The van der Waals surface area contributed by atoms with Crippen LogP contribution in [0.5, 0.6) is 0 Å². The number of nitrogens with one attached hydrogen (secondary N) is 2. The highest BCUT2D eigenvalue weighted by Crippen LogP contribution is 2.22. The third kappa shape index (κ3) is 4.30. The lowest BCUT2D eigenvalue weighted by Gasteiger charge is -2.17. The predicted molar refractivity (Wildman–Crippen MR) is 97.6 cm³/mol.